The van der Waals surface area contributed by atoms with Gasteiger partial charge in [0.15, 0.2) is 5.82 Å². The number of aromatic nitrogens is 3. The Morgan fingerprint density at radius 3 is 2.65 bits per heavy atom. The summed E-state index contributed by atoms with van der Waals surface area (Å²) in [6, 6.07) is 9.41. The number of benzene rings is 2. The predicted molar refractivity (Wildman–Crippen MR) is 142 cm³/mol. The number of nitrogens with zero attached hydrogens (tertiary/aromatic N) is 3. The highest BCUT2D eigenvalue weighted by molar-refractivity contribution is 8.00. The molecule has 3 N–H and O–H groups in total. The number of nitrogens with one attached hydrogen (secondary N) is 2. The second-order valence-corrected chi connectivity index (χ2v) is 10.1. The molecule has 7 nitrogen and oxygen atoms in total. The number of rotatable bonds is 7. The predicted octanol–water partition coefficient (Wildman–Crippen LogP) is 6.47. The van der Waals surface area contributed by atoms with E-state index in [1.54, 1.807) is 30.5 Å². The van der Waals surface area contributed by atoms with E-state index in [0.717, 1.165) is 37.6 Å². The highest BCUT2D eigenvalue weighted by Crippen LogP contribution is 2.36. The average Bonchev–Trinajstić information content (AvgIpc) is 2.90. The van der Waals surface area contributed by atoms with Gasteiger partial charge in [-0.15, -0.1) is 0 Å². The van der Waals surface area contributed by atoms with Crippen LogP contribution in [0.3, 0.4) is 0 Å². The van der Waals surface area contributed by atoms with Gasteiger partial charge in [0.25, 0.3) is 0 Å². The van der Waals surface area contributed by atoms with Gasteiger partial charge in [0.1, 0.15) is 5.82 Å². The maximum atomic E-state index is 15.5. The fourth-order valence-corrected chi connectivity index (χ4v) is 5.31. The van der Waals surface area contributed by atoms with E-state index < -0.39 is 11.6 Å². The largest absolute Gasteiger partial charge is 0.480 e. The van der Waals surface area contributed by atoms with Crippen molar-refractivity contribution in [2.75, 3.05) is 17.1 Å². The van der Waals surface area contributed by atoms with Crippen molar-refractivity contribution in [2.24, 2.45) is 0 Å². The first-order chi connectivity index (χ1) is 17.9. The second-order valence-electron chi connectivity index (χ2n) is 8.77. The number of pyridine rings is 1. The van der Waals surface area contributed by atoms with Gasteiger partial charge in [-0.1, -0.05) is 17.7 Å². The number of aliphatic hydroxyl groups is 1. The number of anilines is 2. The van der Waals surface area contributed by atoms with E-state index in [1.165, 1.54) is 25.4 Å². The average molecular weight is 544 g/mol. The Morgan fingerprint density at radius 2 is 1.86 bits per heavy atom. The number of ether oxygens (including phenoxy) is 1. The van der Waals surface area contributed by atoms with Crippen LogP contribution in [-0.2, 0) is 0 Å². The van der Waals surface area contributed by atoms with Crippen molar-refractivity contribution in [1.29, 1.82) is 0 Å². The Balaban J connectivity index is 1.38. The lowest BCUT2D eigenvalue weighted by molar-refractivity contribution is 0.126. The van der Waals surface area contributed by atoms with E-state index in [9.17, 15) is 9.50 Å². The molecule has 4 aromatic rings. The molecule has 0 amide bonds. The molecule has 0 unspecified atom stereocenters. The zero-order valence-electron chi connectivity index (χ0n) is 19.8. The first-order valence-corrected chi connectivity index (χ1v) is 12.9. The Kier molecular flexibility index (Phi) is 7.59. The molecule has 2 aromatic heterocycles. The number of hydrogen-bond donors (Lipinski definition) is 3. The molecule has 0 saturated heterocycles. The van der Waals surface area contributed by atoms with Crippen molar-refractivity contribution >= 4 is 46.1 Å². The zero-order chi connectivity index (χ0) is 25.9. The number of fused-ring (bicyclic) bond motifs is 1. The molecule has 0 spiro atoms. The molecule has 2 aromatic carbocycles. The van der Waals surface area contributed by atoms with Gasteiger partial charge in [-0.05, 0) is 73.5 Å². The lowest BCUT2D eigenvalue weighted by Gasteiger charge is -2.26. The fourth-order valence-electron chi connectivity index (χ4n) is 4.30. The fraction of sp³-hybridized carbons (Fsp3) is 0.269. The van der Waals surface area contributed by atoms with Gasteiger partial charge in [-0.25, -0.2) is 23.7 Å². The standard InChI is InChI=1S/C26H24ClF2N5O2S/c1-36-25-22(11-16(27)13-30-25)37-34-21-9-7-19(28)23(24(21)29)14-2-8-20-15(10-14)12-31-26(33-20)32-17-3-5-18(35)6-4-17/h2,7-13,17-18,34-35H,3-6H2,1H3,(H,31,32,33). The second kappa shape index (κ2) is 11.0. The summed E-state index contributed by atoms with van der Waals surface area (Å²) in [6.45, 7) is 0. The van der Waals surface area contributed by atoms with Crippen molar-refractivity contribution in [1.82, 2.24) is 15.0 Å². The van der Waals surface area contributed by atoms with Gasteiger partial charge in [-0.3, -0.25) is 0 Å². The van der Waals surface area contributed by atoms with Crippen LogP contribution in [0.2, 0.25) is 5.02 Å². The van der Waals surface area contributed by atoms with Crippen LogP contribution in [0.15, 0.2) is 53.7 Å². The highest BCUT2D eigenvalue weighted by Gasteiger charge is 2.20. The summed E-state index contributed by atoms with van der Waals surface area (Å²) in [7, 11) is 1.47. The van der Waals surface area contributed by atoms with Crippen molar-refractivity contribution in [2.45, 2.75) is 42.7 Å². The summed E-state index contributed by atoms with van der Waals surface area (Å²) >= 11 is 7.07. The minimum absolute atomic E-state index is 0.0944. The molecule has 0 radical (unpaired) electrons. The van der Waals surface area contributed by atoms with Crippen molar-refractivity contribution in [3.8, 4) is 17.0 Å². The summed E-state index contributed by atoms with van der Waals surface area (Å²) in [5.41, 5.74) is 0.954. The van der Waals surface area contributed by atoms with Crippen molar-refractivity contribution < 1.29 is 18.6 Å². The number of methoxy groups -OCH3 is 1. The Hall–Kier alpha value is -3.21. The third kappa shape index (κ3) is 5.71. The molecule has 11 heteroatoms. The molecule has 1 saturated carbocycles. The van der Waals surface area contributed by atoms with E-state index in [-0.39, 0.29) is 23.4 Å². The summed E-state index contributed by atoms with van der Waals surface area (Å²) in [5, 5.41) is 14.1. The molecule has 0 bridgehead atoms. The summed E-state index contributed by atoms with van der Waals surface area (Å²) in [5.74, 6) is -0.602. The molecule has 0 atom stereocenters. The first kappa shape index (κ1) is 25.4. The summed E-state index contributed by atoms with van der Waals surface area (Å²) in [4.78, 5) is 13.6. The van der Waals surface area contributed by atoms with E-state index in [1.807, 2.05) is 0 Å². The minimum Gasteiger partial charge on any atom is -0.480 e. The molecule has 0 aliphatic heterocycles. The molecular formula is C26H24ClF2N5O2S. The van der Waals surface area contributed by atoms with Crippen molar-refractivity contribution in [3.05, 3.63) is 65.4 Å². The van der Waals surface area contributed by atoms with Gasteiger partial charge in [0.2, 0.25) is 11.8 Å². The van der Waals surface area contributed by atoms with E-state index >= 15 is 4.39 Å². The van der Waals surface area contributed by atoms with Crippen LogP contribution in [0.4, 0.5) is 20.4 Å². The third-order valence-electron chi connectivity index (χ3n) is 6.24. The van der Waals surface area contributed by atoms with E-state index in [4.69, 9.17) is 16.3 Å². The van der Waals surface area contributed by atoms with E-state index in [2.05, 4.69) is 25.0 Å². The number of aliphatic hydroxyl groups excluding tert-OH is 1. The normalized spacial score (nSPS) is 17.5. The summed E-state index contributed by atoms with van der Waals surface area (Å²) < 4.78 is 38.4. The highest BCUT2D eigenvalue weighted by atomic mass is 35.5. The maximum absolute atomic E-state index is 15.5. The van der Waals surface area contributed by atoms with Gasteiger partial charge >= 0.3 is 0 Å². The van der Waals surface area contributed by atoms with Crippen LogP contribution in [0, 0.1) is 11.6 Å². The zero-order valence-corrected chi connectivity index (χ0v) is 21.4. The van der Waals surface area contributed by atoms with Crippen LogP contribution >= 0.6 is 23.5 Å². The Labute approximate surface area is 221 Å². The molecule has 37 heavy (non-hydrogen) atoms. The Bertz CT molecular complexity index is 1440. The van der Waals surface area contributed by atoms with Gasteiger partial charge < -0.3 is 19.9 Å². The molecule has 2 heterocycles. The topological polar surface area (TPSA) is 92.2 Å². The van der Waals surface area contributed by atoms with E-state index in [0.29, 0.717) is 38.2 Å². The van der Waals surface area contributed by atoms with Crippen LogP contribution in [0.25, 0.3) is 22.0 Å². The molecule has 1 fully saturated rings. The summed E-state index contributed by atoms with van der Waals surface area (Å²) in [6.07, 6.45) is 6.05. The van der Waals surface area contributed by atoms with Crippen LogP contribution in [0.5, 0.6) is 5.88 Å². The van der Waals surface area contributed by atoms with Crippen LogP contribution in [-0.4, -0.2) is 39.3 Å². The molecule has 192 valence electrons. The lowest BCUT2D eigenvalue weighted by atomic mass is 9.93. The minimum atomic E-state index is -0.737. The van der Waals surface area contributed by atoms with Gasteiger partial charge in [0.05, 0.1) is 39.9 Å². The third-order valence-corrected chi connectivity index (χ3v) is 7.28. The smallest absolute Gasteiger partial charge is 0.228 e. The molecule has 1 aliphatic carbocycles. The molecule has 5 rings (SSSR count). The van der Waals surface area contributed by atoms with Crippen molar-refractivity contribution in [3.63, 3.8) is 0 Å². The molecular weight excluding hydrogens is 520 g/mol. The maximum Gasteiger partial charge on any atom is 0.228 e. The van der Waals surface area contributed by atoms with Gasteiger partial charge in [0, 0.05) is 23.8 Å². The van der Waals surface area contributed by atoms with Crippen LogP contribution in [0.1, 0.15) is 25.7 Å². The SMILES string of the molecule is COc1ncc(Cl)cc1SNc1ccc(F)c(-c2ccc3nc(NC4CCC(O)CC4)ncc3c2)c1F. The monoisotopic (exact) mass is 543 g/mol. The quantitative estimate of drug-likeness (QED) is 0.228. The molecule has 1 aliphatic rings. The lowest BCUT2D eigenvalue weighted by Crippen LogP contribution is -2.28. The first-order valence-electron chi connectivity index (χ1n) is 11.7. The van der Waals surface area contributed by atoms with Gasteiger partial charge in [-0.2, -0.15) is 0 Å². The number of halogens is 3. The Morgan fingerprint density at radius 1 is 1.05 bits per heavy atom. The van der Waals surface area contributed by atoms with Crippen LogP contribution < -0.4 is 14.8 Å². The number of hydrogen-bond acceptors (Lipinski definition) is 8.